The molecule has 0 amide bonds. The van der Waals surface area contributed by atoms with Gasteiger partial charge in [-0.15, -0.1) is 0 Å². The fourth-order valence-electron chi connectivity index (χ4n) is 2.90. The van der Waals surface area contributed by atoms with Crippen molar-refractivity contribution in [1.82, 2.24) is 9.38 Å². The van der Waals surface area contributed by atoms with Crippen LogP contribution in [-0.2, 0) is 0 Å². The zero-order valence-electron chi connectivity index (χ0n) is 14.0. The first kappa shape index (κ1) is 14.6. The summed E-state index contributed by atoms with van der Waals surface area (Å²) in [7, 11) is 0. The zero-order chi connectivity index (χ0) is 16.7. The first-order chi connectivity index (χ1) is 11.6. The first-order valence-electron chi connectivity index (χ1n) is 8.00. The Balaban J connectivity index is 1.95. The van der Waals surface area contributed by atoms with Crippen LogP contribution in [0.4, 0.5) is 11.5 Å². The van der Waals surface area contributed by atoms with Gasteiger partial charge in [0.1, 0.15) is 22.9 Å². The minimum Gasteiger partial charge on any atom is -0.460 e. The van der Waals surface area contributed by atoms with Crippen molar-refractivity contribution in [3.05, 3.63) is 71.6 Å². The predicted octanol–water partition coefficient (Wildman–Crippen LogP) is 5.26. The number of aromatic nitrogens is 2. The summed E-state index contributed by atoms with van der Waals surface area (Å²) in [6.07, 6.45) is 2.02. The summed E-state index contributed by atoms with van der Waals surface area (Å²) in [5.41, 5.74) is 5.12. The average molecular weight is 317 g/mol. The molecule has 0 radical (unpaired) electrons. The lowest BCUT2D eigenvalue weighted by molar-refractivity contribution is 0.547. The van der Waals surface area contributed by atoms with E-state index in [-0.39, 0.29) is 0 Å². The maximum absolute atomic E-state index is 5.83. The number of pyridine rings is 1. The van der Waals surface area contributed by atoms with Crippen LogP contribution in [-0.4, -0.2) is 9.38 Å². The van der Waals surface area contributed by atoms with E-state index >= 15 is 0 Å². The number of rotatable bonds is 3. The lowest BCUT2D eigenvalue weighted by Gasteiger charge is -2.10. The molecule has 3 heterocycles. The molecule has 120 valence electrons. The number of hydrogen-bond acceptors (Lipinski definition) is 3. The Hall–Kier alpha value is -3.01. The molecule has 0 aliphatic heterocycles. The Kier molecular flexibility index (Phi) is 3.38. The lowest BCUT2D eigenvalue weighted by atomic mass is 10.2. The third-order valence-electron chi connectivity index (χ3n) is 4.22. The van der Waals surface area contributed by atoms with Gasteiger partial charge in [-0.3, -0.25) is 4.40 Å². The number of fused-ring (bicyclic) bond motifs is 1. The van der Waals surface area contributed by atoms with Crippen molar-refractivity contribution in [1.29, 1.82) is 0 Å². The topological polar surface area (TPSA) is 42.5 Å². The molecule has 0 saturated heterocycles. The molecule has 24 heavy (non-hydrogen) atoms. The number of para-hydroxylation sites is 1. The van der Waals surface area contributed by atoms with Gasteiger partial charge < -0.3 is 9.73 Å². The third-order valence-corrected chi connectivity index (χ3v) is 4.22. The van der Waals surface area contributed by atoms with Crippen molar-refractivity contribution in [3.63, 3.8) is 0 Å². The highest BCUT2D eigenvalue weighted by Crippen LogP contribution is 2.33. The van der Waals surface area contributed by atoms with E-state index < -0.39 is 0 Å². The van der Waals surface area contributed by atoms with Crippen molar-refractivity contribution in [3.8, 4) is 11.5 Å². The predicted molar refractivity (Wildman–Crippen MR) is 96.8 cm³/mol. The standard InChI is InChI=1S/C20H19N3O/c1-13-7-4-5-9-16(13)21-20-18(17-11-10-15(3)24-17)22-19-14(2)8-6-12-23(19)20/h4-12,21H,1-3H3. The molecule has 4 nitrogen and oxygen atoms in total. The highest BCUT2D eigenvalue weighted by atomic mass is 16.3. The van der Waals surface area contributed by atoms with Gasteiger partial charge in [0.15, 0.2) is 5.76 Å². The van der Waals surface area contributed by atoms with Crippen LogP contribution < -0.4 is 5.32 Å². The quantitative estimate of drug-likeness (QED) is 0.560. The van der Waals surface area contributed by atoms with Crippen LogP contribution in [0.1, 0.15) is 16.9 Å². The second-order valence-corrected chi connectivity index (χ2v) is 6.04. The van der Waals surface area contributed by atoms with Gasteiger partial charge in [-0.05, 0) is 56.2 Å². The molecule has 3 aromatic heterocycles. The number of aryl methyl sites for hydroxylation is 3. The molecule has 0 aliphatic rings. The Morgan fingerprint density at radius 1 is 0.917 bits per heavy atom. The number of hydrogen-bond donors (Lipinski definition) is 1. The summed E-state index contributed by atoms with van der Waals surface area (Å²) >= 11 is 0. The molecule has 4 rings (SSSR count). The number of imidazole rings is 1. The summed E-state index contributed by atoms with van der Waals surface area (Å²) in [6, 6.07) is 16.3. The van der Waals surface area contributed by atoms with Gasteiger partial charge in [-0.25, -0.2) is 4.98 Å². The minimum atomic E-state index is 0.770. The third kappa shape index (κ3) is 2.36. The molecular weight excluding hydrogens is 298 g/mol. The SMILES string of the molecule is Cc1ccc(-c2nc3c(C)cccn3c2Nc2ccccc2C)o1. The lowest BCUT2D eigenvalue weighted by Crippen LogP contribution is -1.98. The Bertz CT molecular complexity index is 1030. The summed E-state index contributed by atoms with van der Waals surface area (Å²) < 4.78 is 7.91. The monoisotopic (exact) mass is 317 g/mol. The van der Waals surface area contributed by atoms with Crippen LogP contribution in [0.25, 0.3) is 17.1 Å². The van der Waals surface area contributed by atoms with E-state index in [1.165, 1.54) is 5.56 Å². The first-order valence-corrected chi connectivity index (χ1v) is 8.00. The molecule has 0 fully saturated rings. The van der Waals surface area contributed by atoms with Gasteiger partial charge in [-0.2, -0.15) is 0 Å². The fourth-order valence-corrected chi connectivity index (χ4v) is 2.90. The maximum atomic E-state index is 5.83. The number of nitrogens with one attached hydrogen (secondary N) is 1. The van der Waals surface area contributed by atoms with Crippen molar-refractivity contribution >= 4 is 17.2 Å². The summed E-state index contributed by atoms with van der Waals surface area (Å²) in [6.45, 7) is 6.10. The Labute approximate surface area is 140 Å². The summed E-state index contributed by atoms with van der Waals surface area (Å²) in [5, 5.41) is 3.54. The molecule has 4 aromatic rings. The van der Waals surface area contributed by atoms with Crippen LogP contribution in [0, 0.1) is 20.8 Å². The van der Waals surface area contributed by atoms with E-state index in [4.69, 9.17) is 9.40 Å². The molecule has 0 atom stereocenters. The van der Waals surface area contributed by atoms with Crippen LogP contribution in [0.5, 0.6) is 0 Å². The minimum absolute atomic E-state index is 0.770. The van der Waals surface area contributed by atoms with Gasteiger partial charge in [0.25, 0.3) is 0 Å². The molecule has 1 N–H and O–H groups in total. The van der Waals surface area contributed by atoms with Crippen molar-refractivity contribution in [2.45, 2.75) is 20.8 Å². The number of nitrogens with zero attached hydrogens (tertiary/aromatic N) is 2. The molecule has 0 aliphatic carbocycles. The van der Waals surface area contributed by atoms with E-state index in [2.05, 4.69) is 41.8 Å². The van der Waals surface area contributed by atoms with Crippen LogP contribution in [0.15, 0.2) is 59.1 Å². The second-order valence-electron chi connectivity index (χ2n) is 6.04. The largest absolute Gasteiger partial charge is 0.460 e. The molecule has 0 spiro atoms. The summed E-state index contributed by atoms with van der Waals surface area (Å²) in [5.74, 6) is 2.56. The normalized spacial score (nSPS) is 11.1. The number of furan rings is 1. The number of benzene rings is 1. The van der Waals surface area contributed by atoms with Crippen molar-refractivity contribution < 1.29 is 4.42 Å². The van der Waals surface area contributed by atoms with Crippen LogP contribution in [0.3, 0.4) is 0 Å². The van der Waals surface area contributed by atoms with E-state index in [1.54, 1.807) is 0 Å². The molecule has 1 aromatic carbocycles. The number of anilines is 2. The van der Waals surface area contributed by atoms with E-state index in [0.717, 1.165) is 39.9 Å². The zero-order valence-corrected chi connectivity index (χ0v) is 14.0. The van der Waals surface area contributed by atoms with Gasteiger partial charge >= 0.3 is 0 Å². The smallest absolute Gasteiger partial charge is 0.156 e. The van der Waals surface area contributed by atoms with Gasteiger partial charge in [0.05, 0.1) is 0 Å². The van der Waals surface area contributed by atoms with E-state index in [1.807, 2.05) is 43.5 Å². The second kappa shape index (κ2) is 5.57. The van der Waals surface area contributed by atoms with Crippen LogP contribution in [0.2, 0.25) is 0 Å². The Morgan fingerprint density at radius 3 is 2.46 bits per heavy atom. The average Bonchev–Trinajstić information content (AvgIpc) is 3.15. The van der Waals surface area contributed by atoms with Gasteiger partial charge in [0, 0.05) is 11.9 Å². The van der Waals surface area contributed by atoms with Crippen molar-refractivity contribution in [2.75, 3.05) is 5.32 Å². The maximum Gasteiger partial charge on any atom is 0.156 e. The molecular formula is C20H19N3O. The molecule has 0 bridgehead atoms. The highest BCUT2D eigenvalue weighted by molar-refractivity contribution is 5.78. The molecule has 4 heteroatoms. The van der Waals surface area contributed by atoms with Gasteiger partial charge in [0.2, 0.25) is 0 Å². The molecule has 0 saturated carbocycles. The van der Waals surface area contributed by atoms with Crippen molar-refractivity contribution in [2.24, 2.45) is 0 Å². The molecule has 0 unspecified atom stereocenters. The highest BCUT2D eigenvalue weighted by Gasteiger charge is 2.18. The van der Waals surface area contributed by atoms with E-state index in [9.17, 15) is 0 Å². The van der Waals surface area contributed by atoms with E-state index in [0.29, 0.717) is 0 Å². The van der Waals surface area contributed by atoms with Gasteiger partial charge in [-0.1, -0.05) is 24.3 Å². The Morgan fingerprint density at radius 2 is 1.71 bits per heavy atom. The summed E-state index contributed by atoms with van der Waals surface area (Å²) in [4.78, 5) is 4.83. The fraction of sp³-hybridized carbons (Fsp3) is 0.150. The van der Waals surface area contributed by atoms with Crippen LogP contribution >= 0.6 is 0 Å².